The smallest absolute Gasteiger partial charge is 0.140 e. The summed E-state index contributed by atoms with van der Waals surface area (Å²) in [5.74, 6) is 0.666. The average molecular weight is 335 g/mol. The lowest BCUT2D eigenvalue weighted by Gasteiger charge is -2.44. The number of fused-ring (bicyclic) bond motifs is 1. The van der Waals surface area contributed by atoms with E-state index in [2.05, 4.69) is 15.9 Å². The Kier molecular flexibility index (Phi) is 3.28. The van der Waals surface area contributed by atoms with E-state index in [0.29, 0.717) is 17.7 Å². The second-order valence-corrected chi connectivity index (χ2v) is 6.36. The van der Waals surface area contributed by atoms with Crippen molar-refractivity contribution in [3.63, 3.8) is 0 Å². The van der Waals surface area contributed by atoms with Crippen LogP contribution in [-0.2, 0) is 0 Å². The van der Waals surface area contributed by atoms with E-state index in [-0.39, 0.29) is 5.60 Å². The van der Waals surface area contributed by atoms with Crippen LogP contribution in [0.5, 0.6) is 5.75 Å². The van der Waals surface area contributed by atoms with Crippen LogP contribution < -0.4 is 4.74 Å². The molecule has 0 saturated carbocycles. The largest absolute Gasteiger partial charge is 0.485 e. The van der Waals surface area contributed by atoms with E-state index in [0.717, 1.165) is 30.4 Å². The Morgan fingerprint density at radius 1 is 1.39 bits per heavy atom. The van der Waals surface area contributed by atoms with Gasteiger partial charge in [-0.1, -0.05) is 12.1 Å². The van der Waals surface area contributed by atoms with Crippen molar-refractivity contribution < 1.29 is 9.13 Å². The minimum absolute atomic E-state index is 0.387. The Bertz CT molecular complexity index is 462. The average Bonchev–Trinajstić information content (AvgIpc) is 2.35. The molecule has 0 amide bonds. The zero-order chi connectivity index (χ0) is 12.8. The van der Waals surface area contributed by atoms with Crippen LogP contribution in [0.4, 0.5) is 4.39 Å². The molecule has 1 saturated heterocycles. The molecule has 1 spiro atoms. The first kappa shape index (κ1) is 12.7. The molecule has 1 aromatic rings. The number of rotatable bonds is 0. The maximum Gasteiger partial charge on any atom is 0.140 e. The quantitative estimate of drug-likeness (QED) is 0.658. The molecule has 98 valence electrons. The van der Waals surface area contributed by atoms with Gasteiger partial charge in [-0.2, -0.15) is 0 Å². The molecule has 2 aliphatic heterocycles. The van der Waals surface area contributed by atoms with Crippen LogP contribution in [0.15, 0.2) is 22.7 Å². The van der Waals surface area contributed by atoms with Gasteiger partial charge >= 0.3 is 0 Å². The monoisotopic (exact) mass is 333 g/mol. The predicted molar refractivity (Wildman–Crippen MR) is 72.6 cm³/mol. The molecule has 1 unspecified atom stereocenters. The standard InChI is InChI=1S/C13H14BrClFNO/c14-10-3-1-2-9-11(16)8-13(18-12(9)10)4-6-17(15)7-5-13/h1-3,11H,4-8H2. The van der Waals surface area contributed by atoms with Gasteiger partial charge in [0.15, 0.2) is 0 Å². The van der Waals surface area contributed by atoms with Crippen molar-refractivity contribution in [3.05, 3.63) is 28.2 Å². The molecule has 0 radical (unpaired) electrons. The van der Waals surface area contributed by atoms with Gasteiger partial charge in [0, 0.05) is 37.9 Å². The minimum Gasteiger partial charge on any atom is -0.485 e. The third kappa shape index (κ3) is 2.15. The van der Waals surface area contributed by atoms with Gasteiger partial charge in [0.25, 0.3) is 0 Å². The molecule has 2 nitrogen and oxygen atoms in total. The third-order valence-corrected chi connectivity index (χ3v) is 4.79. The second-order valence-electron chi connectivity index (χ2n) is 5.02. The number of para-hydroxylation sites is 1. The first-order chi connectivity index (χ1) is 8.60. The van der Waals surface area contributed by atoms with Gasteiger partial charge in [0.2, 0.25) is 0 Å². The van der Waals surface area contributed by atoms with E-state index in [1.165, 1.54) is 0 Å². The normalized spacial score (nSPS) is 26.7. The van der Waals surface area contributed by atoms with Crippen molar-refractivity contribution >= 4 is 27.7 Å². The van der Waals surface area contributed by atoms with Crippen molar-refractivity contribution in [2.24, 2.45) is 0 Å². The molecule has 18 heavy (non-hydrogen) atoms. The number of hydrogen-bond donors (Lipinski definition) is 0. The van der Waals surface area contributed by atoms with Crippen molar-refractivity contribution in [2.45, 2.75) is 31.0 Å². The number of hydrogen-bond acceptors (Lipinski definition) is 2. The van der Waals surface area contributed by atoms with E-state index in [1.807, 2.05) is 12.1 Å². The molecule has 5 heteroatoms. The van der Waals surface area contributed by atoms with Gasteiger partial charge in [0.1, 0.15) is 17.5 Å². The topological polar surface area (TPSA) is 12.5 Å². The first-order valence-corrected chi connectivity index (χ1v) is 7.25. The second kappa shape index (κ2) is 4.66. The molecular weight excluding hydrogens is 321 g/mol. The van der Waals surface area contributed by atoms with E-state index in [4.69, 9.17) is 16.5 Å². The van der Waals surface area contributed by atoms with Gasteiger partial charge in [0.05, 0.1) is 4.47 Å². The summed E-state index contributed by atoms with van der Waals surface area (Å²) < 4.78 is 23.0. The molecule has 0 bridgehead atoms. The SMILES string of the molecule is FC1CC2(CCN(Cl)CC2)Oc2c(Br)cccc21. The van der Waals surface area contributed by atoms with E-state index in [1.54, 1.807) is 10.5 Å². The van der Waals surface area contributed by atoms with Crippen molar-refractivity contribution in [1.82, 2.24) is 4.42 Å². The Morgan fingerprint density at radius 3 is 2.83 bits per heavy atom. The van der Waals surface area contributed by atoms with Crippen molar-refractivity contribution in [1.29, 1.82) is 0 Å². The maximum atomic E-state index is 14.3. The van der Waals surface area contributed by atoms with Crippen LogP contribution in [0, 0.1) is 0 Å². The van der Waals surface area contributed by atoms with Crippen LogP contribution in [0.25, 0.3) is 0 Å². The van der Waals surface area contributed by atoms with Gasteiger partial charge in [-0.05, 0) is 33.8 Å². The number of piperidine rings is 1. The lowest BCUT2D eigenvalue weighted by Crippen LogP contribution is -2.48. The van der Waals surface area contributed by atoms with Gasteiger partial charge < -0.3 is 4.74 Å². The Hall–Kier alpha value is -0.320. The zero-order valence-corrected chi connectivity index (χ0v) is 12.2. The van der Waals surface area contributed by atoms with Crippen molar-refractivity contribution in [3.8, 4) is 5.75 Å². The number of ether oxygens (including phenoxy) is 1. The third-order valence-electron chi connectivity index (χ3n) is 3.82. The Labute approximate surface area is 119 Å². The molecule has 0 aromatic heterocycles. The molecule has 0 N–H and O–H groups in total. The molecule has 1 aromatic carbocycles. The lowest BCUT2D eigenvalue weighted by molar-refractivity contribution is -0.0247. The molecular formula is C13H14BrClFNO. The lowest BCUT2D eigenvalue weighted by atomic mass is 9.83. The van der Waals surface area contributed by atoms with E-state index in [9.17, 15) is 4.39 Å². The van der Waals surface area contributed by atoms with Gasteiger partial charge in [-0.3, -0.25) is 0 Å². The number of halogens is 3. The molecule has 2 heterocycles. The minimum atomic E-state index is -0.951. The first-order valence-electron chi connectivity index (χ1n) is 6.12. The fraction of sp³-hybridized carbons (Fsp3) is 0.538. The number of benzene rings is 1. The fourth-order valence-corrected chi connectivity index (χ4v) is 3.40. The summed E-state index contributed by atoms with van der Waals surface area (Å²) in [7, 11) is 0. The summed E-state index contributed by atoms with van der Waals surface area (Å²) >= 11 is 9.40. The fourth-order valence-electron chi connectivity index (χ4n) is 2.77. The molecule has 2 aliphatic rings. The maximum absolute atomic E-state index is 14.3. The zero-order valence-electron chi connectivity index (χ0n) is 9.83. The highest BCUT2D eigenvalue weighted by Gasteiger charge is 2.43. The van der Waals surface area contributed by atoms with Crippen molar-refractivity contribution in [2.75, 3.05) is 13.1 Å². The number of alkyl halides is 1. The van der Waals surface area contributed by atoms with E-state index >= 15 is 0 Å². The summed E-state index contributed by atoms with van der Waals surface area (Å²) in [5.41, 5.74) is 0.269. The van der Waals surface area contributed by atoms with Crippen LogP contribution in [0.1, 0.15) is 31.0 Å². The summed E-state index contributed by atoms with van der Waals surface area (Å²) in [6.45, 7) is 1.49. The van der Waals surface area contributed by atoms with Gasteiger partial charge in [-0.15, -0.1) is 0 Å². The Balaban J connectivity index is 1.93. The van der Waals surface area contributed by atoms with E-state index < -0.39 is 6.17 Å². The Morgan fingerprint density at radius 2 is 2.11 bits per heavy atom. The highest BCUT2D eigenvalue weighted by molar-refractivity contribution is 9.10. The summed E-state index contributed by atoms with van der Waals surface area (Å²) in [4.78, 5) is 0. The van der Waals surface area contributed by atoms with Gasteiger partial charge in [-0.25, -0.2) is 8.81 Å². The highest BCUT2D eigenvalue weighted by atomic mass is 79.9. The molecule has 1 atom stereocenters. The van der Waals surface area contributed by atoms with Crippen LogP contribution in [0.3, 0.4) is 0 Å². The predicted octanol–water partition coefficient (Wildman–Crippen LogP) is 4.23. The summed E-state index contributed by atoms with van der Waals surface area (Å²) in [5, 5.41) is 0. The summed E-state index contributed by atoms with van der Waals surface area (Å²) in [6.07, 6.45) is 1.03. The summed E-state index contributed by atoms with van der Waals surface area (Å²) in [6, 6.07) is 5.54. The highest BCUT2D eigenvalue weighted by Crippen LogP contribution is 2.48. The molecule has 0 aliphatic carbocycles. The molecule has 1 fully saturated rings. The van der Waals surface area contributed by atoms with Crippen LogP contribution in [0.2, 0.25) is 0 Å². The van der Waals surface area contributed by atoms with Crippen LogP contribution >= 0.6 is 27.7 Å². The number of nitrogens with zero attached hydrogens (tertiary/aromatic N) is 1. The van der Waals surface area contributed by atoms with Crippen LogP contribution in [-0.4, -0.2) is 23.1 Å². The molecule has 3 rings (SSSR count).